The Morgan fingerprint density at radius 3 is 2.59 bits per heavy atom. The lowest BCUT2D eigenvalue weighted by molar-refractivity contribution is 0.403. The van der Waals surface area contributed by atoms with Gasteiger partial charge in [-0.3, -0.25) is 5.10 Å². The molecule has 0 amide bonds. The van der Waals surface area contributed by atoms with E-state index < -0.39 is 0 Å². The van der Waals surface area contributed by atoms with E-state index in [2.05, 4.69) is 39.2 Å². The molecule has 2 heterocycles. The summed E-state index contributed by atoms with van der Waals surface area (Å²) >= 11 is 0. The van der Waals surface area contributed by atoms with Crippen molar-refractivity contribution < 1.29 is 0 Å². The summed E-state index contributed by atoms with van der Waals surface area (Å²) in [5.74, 6) is 2.79. The molecule has 2 fully saturated rings. The van der Waals surface area contributed by atoms with Crippen LogP contribution in [0.15, 0.2) is 0 Å². The van der Waals surface area contributed by atoms with Crippen LogP contribution >= 0.6 is 0 Å². The maximum atomic E-state index is 4.61. The largest absolute Gasteiger partial charge is 0.336 e. The van der Waals surface area contributed by atoms with Gasteiger partial charge in [-0.1, -0.05) is 0 Å². The number of hydrogen-bond acceptors (Lipinski definition) is 4. The standard InChI is InChI=1S/C12H21N5/c1-8-6-17(7-9(2)13-8)12-14-11(15-16-12)5-10-3-4-10/h8-10,13H,3-7H2,1-2H3,(H,14,15,16). The zero-order valence-electron chi connectivity index (χ0n) is 10.6. The smallest absolute Gasteiger partial charge is 0.244 e. The van der Waals surface area contributed by atoms with Crippen LogP contribution in [0.2, 0.25) is 0 Å². The molecule has 1 aliphatic heterocycles. The number of nitrogens with zero attached hydrogens (tertiary/aromatic N) is 3. The molecule has 0 bridgehead atoms. The molecule has 1 aliphatic carbocycles. The third-order valence-electron chi connectivity index (χ3n) is 3.54. The molecule has 17 heavy (non-hydrogen) atoms. The SMILES string of the molecule is CC1CN(c2n[nH]c(CC3CC3)n2)CC(C)N1. The van der Waals surface area contributed by atoms with Gasteiger partial charge in [-0.2, -0.15) is 4.98 Å². The summed E-state index contributed by atoms with van der Waals surface area (Å²) < 4.78 is 0. The molecule has 1 saturated carbocycles. The van der Waals surface area contributed by atoms with Crippen molar-refractivity contribution in [3.8, 4) is 0 Å². The minimum absolute atomic E-state index is 0.504. The molecule has 94 valence electrons. The zero-order valence-corrected chi connectivity index (χ0v) is 10.6. The van der Waals surface area contributed by atoms with Crippen LogP contribution in [0.25, 0.3) is 0 Å². The van der Waals surface area contributed by atoms with Crippen LogP contribution in [0.1, 0.15) is 32.5 Å². The van der Waals surface area contributed by atoms with Crippen molar-refractivity contribution in [3.63, 3.8) is 0 Å². The number of aromatic nitrogens is 3. The number of H-pyrrole nitrogens is 1. The zero-order chi connectivity index (χ0) is 11.8. The highest BCUT2D eigenvalue weighted by atomic mass is 15.4. The third-order valence-corrected chi connectivity index (χ3v) is 3.54. The number of aromatic amines is 1. The molecule has 5 heteroatoms. The highest BCUT2D eigenvalue weighted by Gasteiger charge is 2.26. The molecule has 2 atom stereocenters. The molecule has 0 aromatic carbocycles. The second kappa shape index (κ2) is 4.29. The molecule has 2 N–H and O–H groups in total. The fourth-order valence-electron chi connectivity index (χ4n) is 2.60. The number of anilines is 1. The maximum absolute atomic E-state index is 4.61. The van der Waals surface area contributed by atoms with Crippen LogP contribution in [0.3, 0.4) is 0 Å². The Hall–Kier alpha value is -1.10. The fraction of sp³-hybridized carbons (Fsp3) is 0.833. The Morgan fingerprint density at radius 1 is 1.24 bits per heavy atom. The topological polar surface area (TPSA) is 56.8 Å². The second-order valence-corrected chi connectivity index (χ2v) is 5.60. The molecule has 5 nitrogen and oxygen atoms in total. The van der Waals surface area contributed by atoms with Gasteiger partial charge in [0.2, 0.25) is 5.95 Å². The predicted molar refractivity (Wildman–Crippen MR) is 67.1 cm³/mol. The fourth-order valence-corrected chi connectivity index (χ4v) is 2.60. The predicted octanol–water partition coefficient (Wildman–Crippen LogP) is 0.944. The Bertz CT molecular complexity index is 374. The number of piperazine rings is 1. The molecule has 3 rings (SSSR count). The summed E-state index contributed by atoms with van der Waals surface area (Å²) in [6.45, 7) is 6.40. The van der Waals surface area contributed by atoms with Crippen molar-refractivity contribution in [2.75, 3.05) is 18.0 Å². The van der Waals surface area contributed by atoms with Gasteiger partial charge < -0.3 is 10.2 Å². The second-order valence-electron chi connectivity index (χ2n) is 5.60. The minimum atomic E-state index is 0.504. The van der Waals surface area contributed by atoms with Gasteiger partial charge in [0.15, 0.2) is 0 Å². The molecule has 2 aliphatic rings. The van der Waals surface area contributed by atoms with Crippen LogP contribution in [0.4, 0.5) is 5.95 Å². The van der Waals surface area contributed by atoms with Gasteiger partial charge in [0.05, 0.1) is 0 Å². The lowest BCUT2D eigenvalue weighted by atomic mass is 10.1. The number of rotatable bonds is 3. The minimum Gasteiger partial charge on any atom is -0.336 e. The van der Waals surface area contributed by atoms with Crippen LogP contribution in [-0.2, 0) is 6.42 Å². The Kier molecular flexibility index (Phi) is 2.78. The molecule has 0 radical (unpaired) electrons. The van der Waals surface area contributed by atoms with E-state index >= 15 is 0 Å². The van der Waals surface area contributed by atoms with E-state index in [0.717, 1.165) is 37.2 Å². The summed E-state index contributed by atoms with van der Waals surface area (Å²) in [5.41, 5.74) is 0. The summed E-state index contributed by atoms with van der Waals surface area (Å²) in [6, 6.07) is 1.01. The van der Waals surface area contributed by atoms with Crippen molar-refractivity contribution in [1.29, 1.82) is 0 Å². The van der Waals surface area contributed by atoms with Crippen LogP contribution in [0, 0.1) is 5.92 Å². The molecule has 1 aromatic rings. The molecule has 2 unspecified atom stereocenters. The third kappa shape index (κ3) is 2.60. The number of hydrogen-bond donors (Lipinski definition) is 2. The van der Waals surface area contributed by atoms with E-state index in [1.54, 1.807) is 0 Å². The van der Waals surface area contributed by atoms with Gasteiger partial charge >= 0.3 is 0 Å². The maximum Gasteiger partial charge on any atom is 0.244 e. The monoisotopic (exact) mass is 235 g/mol. The first-order valence-corrected chi connectivity index (χ1v) is 6.63. The molecule has 1 saturated heterocycles. The van der Waals surface area contributed by atoms with E-state index in [-0.39, 0.29) is 0 Å². The first-order chi connectivity index (χ1) is 8.20. The molecule has 0 spiro atoms. The first kappa shape index (κ1) is 11.0. The lowest BCUT2D eigenvalue weighted by Crippen LogP contribution is -2.54. The normalized spacial score (nSPS) is 29.6. The van der Waals surface area contributed by atoms with Gasteiger partial charge in [-0.05, 0) is 32.6 Å². The molecule has 1 aromatic heterocycles. The van der Waals surface area contributed by atoms with Crippen molar-refractivity contribution in [2.45, 2.75) is 45.2 Å². The Morgan fingerprint density at radius 2 is 1.94 bits per heavy atom. The van der Waals surface area contributed by atoms with Crippen molar-refractivity contribution >= 4 is 5.95 Å². The van der Waals surface area contributed by atoms with Gasteiger partial charge in [-0.25, -0.2) is 0 Å². The molecular weight excluding hydrogens is 214 g/mol. The van der Waals surface area contributed by atoms with Crippen molar-refractivity contribution in [1.82, 2.24) is 20.5 Å². The van der Waals surface area contributed by atoms with Crippen LogP contribution in [-0.4, -0.2) is 40.4 Å². The van der Waals surface area contributed by atoms with Crippen LogP contribution < -0.4 is 10.2 Å². The van der Waals surface area contributed by atoms with Gasteiger partial charge in [0.1, 0.15) is 5.82 Å². The van der Waals surface area contributed by atoms with E-state index in [0.29, 0.717) is 12.1 Å². The quantitative estimate of drug-likeness (QED) is 0.819. The first-order valence-electron chi connectivity index (χ1n) is 6.63. The highest BCUT2D eigenvalue weighted by Crippen LogP contribution is 2.31. The summed E-state index contributed by atoms with van der Waals surface area (Å²) in [4.78, 5) is 6.89. The van der Waals surface area contributed by atoms with E-state index in [9.17, 15) is 0 Å². The van der Waals surface area contributed by atoms with E-state index in [4.69, 9.17) is 0 Å². The highest BCUT2D eigenvalue weighted by molar-refractivity contribution is 5.30. The summed E-state index contributed by atoms with van der Waals surface area (Å²) in [5, 5.41) is 11.0. The summed E-state index contributed by atoms with van der Waals surface area (Å²) in [7, 11) is 0. The van der Waals surface area contributed by atoms with Crippen molar-refractivity contribution in [3.05, 3.63) is 5.82 Å². The van der Waals surface area contributed by atoms with Crippen LogP contribution in [0.5, 0.6) is 0 Å². The summed E-state index contributed by atoms with van der Waals surface area (Å²) in [6.07, 6.45) is 3.79. The van der Waals surface area contributed by atoms with Crippen molar-refractivity contribution in [2.24, 2.45) is 5.92 Å². The molecular formula is C12H21N5. The Labute approximate surface area is 102 Å². The van der Waals surface area contributed by atoms with E-state index in [1.807, 2.05) is 0 Å². The van der Waals surface area contributed by atoms with Gasteiger partial charge in [0.25, 0.3) is 0 Å². The van der Waals surface area contributed by atoms with E-state index in [1.165, 1.54) is 12.8 Å². The average Bonchev–Trinajstić information content (AvgIpc) is 2.93. The Balaban J connectivity index is 1.67. The van der Waals surface area contributed by atoms with Gasteiger partial charge in [-0.15, -0.1) is 5.10 Å². The average molecular weight is 235 g/mol. The number of nitrogens with one attached hydrogen (secondary N) is 2. The lowest BCUT2D eigenvalue weighted by Gasteiger charge is -2.35. The van der Waals surface area contributed by atoms with Gasteiger partial charge in [0, 0.05) is 31.6 Å².